The van der Waals surface area contributed by atoms with E-state index in [1.165, 1.54) is 0 Å². The van der Waals surface area contributed by atoms with E-state index >= 15 is 0 Å². The fourth-order valence-corrected chi connectivity index (χ4v) is 2.19. The summed E-state index contributed by atoms with van der Waals surface area (Å²) in [5.41, 5.74) is 1.43. The topological polar surface area (TPSA) is 61.9 Å². The Labute approximate surface area is 101 Å². The van der Waals surface area contributed by atoms with Crippen molar-refractivity contribution >= 4 is 5.91 Å². The lowest BCUT2D eigenvalue weighted by Gasteiger charge is -2.28. The smallest absolute Gasteiger partial charge is 0.257 e. The lowest BCUT2D eigenvalue weighted by Crippen LogP contribution is -2.38. The van der Waals surface area contributed by atoms with Gasteiger partial charge in [-0.05, 0) is 19.8 Å². The van der Waals surface area contributed by atoms with Crippen LogP contribution in [0.3, 0.4) is 0 Å². The van der Waals surface area contributed by atoms with E-state index in [2.05, 4.69) is 11.2 Å². The SMILES string of the molecule is Cc1nn(C)cc1C(=O)N1CCC(C#N)CC1. The predicted octanol–water partition coefficient (Wildman–Crippen LogP) is 1.10. The van der Waals surface area contributed by atoms with Crippen molar-refractivity contribution < 1.29 is 4.79 Å². The molecule has 2 heterocycles. The minimum atomic E-state index is 0.0342. The molecular formula is C12H16N4O. The fraction of sp³-hybridized carbons (Fsp3) is 0.583. The molecule has 1 aromatic heterocycles. The normalized spacial score (nSPS) is 16.9. The number of aryl methyl sites for hydroxylation is 2. The van der Waals surface area contributed by atoms with Gasteiger partial charge in [0.1, 0.15) is 0 Å². The molecule has 0 spiro atoms. The van der Waals surface area contributed by atoms with Gasteiger partial charge in [0.15, 0.2) is 0 Å². The first-order valence-electron chi connectivity index (χ1n) is 5.81. The Hall–Kier alpha value is -1.83. The number of rotatable bonds is 1. The van der Waals surface area contributed by atoms with Crippen LogP contribution in [0.1, 0.15) is 28.9 Å². The van der Waals surface area contributed by atoms with Gasteiger partial charge >= 0.3 is 0 Å². The second-order valence-corrected chi connectivity index (χ2v) is 4.50. The van der Waals surface area contributed by atoms with Crippen LogP contribution in [0.4, 0.5) is 0 Å². The van der Waals surface area contributed by atoms with Gasteiger partial charge in [-0.3, -0.25) is 9.48 Å². The quantitative estimate of drug-likeness (QED) is 0.728. The van der Waals surface area contributed by atoms with Gasteiger partial charge in [0.2, 0.25) is 0 Å². The molecule has 1 amide bonds. The second kappa shape index (κ2) is 4.58. The maximum Gasteiger partial charge on any atom is 0.257 e. The summed E-state index contributed by atoms with van der Waals surface area (Å²) in [4.78, 5) is 14.0. The maximum absolute atomic E-state index is 12.2. The summed E-state index contributed by atoms with van der Waals surface area (Å²) >= 11 is 0. The van der Waals surface area contributed by atoms with Gasteiger partial charge in [0.25, 0.3) is 5.91 Å². The van der Waals surface area contributed by atoms with Crippen LogP contribution in [0.15, 0.2) is 6.20 Å². The van der Waals surface area contributed by atoms with E-state index in [4.69, 9.17) is 5.26 Å². The number of piperidine rings is 1. The Kier molecular flexibility index (Phi) is 3.14. The molecule has 0 aliphatic carbocycles. The Morgan fingerprint density at radius 1 is 1.53 bits per heavy atom. The summed E-state index contributed by atoms with van der Waals surface area (Å²) in [5, 5.41) is 13.0. The van der Waals surface area contributed by atoms with Crippen LogP contribution in [0.2, 0.25) is 0 Å². The van der Waals surface area contributed by atoms with E-state index < -0.39 is 0 Å². The highest BCUT2D eigenvalue weighted by atomic mass is 16.2. The van der Waals surface area contributed by atoms with E-state index in [1.54, 1.807) is 10.9 Å². The molecule has 17 heavy (non-hydrogen) atoms. The highest BCUT2D eigenvalue weighted by molar-refractivity contribution is 5.95. The molecule has 1 saturated heterocycles. The summed E-state index contributed by atoms with van der Waals surface area (Å²) in [7, 11) is 1.81. The third kappa shape index (κ3) is 2.31. The number of aromatic nitrogens is 2. The standard InChI is InChI=1S/C12H16N4O/c1-9-11(8-15(2)14-9)12(17)16-5-3-10(7-13)4-6-16/h8,10H,3-6H2,1-2H3. The zero-order valence-electron chi connectivity index (χ0n) is 10.2. The van der Waals surface area contributed by atoms with Gasteiger partial charge in [-0.25, -0.2) is 0 Å². The number of likely N-dealkylation sites (tertiary alicyclic amines) is 1. The molecule has 5 heteroatoms. The molecule has 90 valence electrons. The number of hydrogen-bond donors (Lipinski definition) is 0. The molecule has 0 N–H and O–H groups in total. The van der Waals surface area contributed by atoms with E-state index in [9.17, 15) is 4.79 Å². The van der Waals surface area contributed by atoms with Crippen molar-refractivity contribution in [3.8, 4) is 6.07 Å². The largest absolute Gasteiger partial charge is 0.338 e. The van der Waals surface area contributed by atoms with Crippen LogP contribution in [0.5, 0.6) is 0 Å². The van der Waals surface area contributed by atoms with Crippen molar-refractivity contribution in [3.05, 3.63) is 17.5 Å². The number of carbonyl (C=O) groups is 1. The third-order valence-corrected chi connectivity index (χ3v) is 3.21. The fourth-order valence-electron chi connectivity index (χ4n) is 2.19. The molecule has 1 aliphatic rings. The predicted molar refractivity (Wildman–Crippen MR) is 62.2 cm³/mol. The molecule has 1 fully saturated rings. The van der Waals surface area contributed by atoms with Crippen molar-refractivity contribution in [1.29, 1.82) is 5.26 Å². The first kappa shape index (κ1) is 11.6. The van der Waals surface area contributed by atoms with Crippen LogP contribution in [-0.2, 0) is 7.05 Å². The van der Waals surface area contributed by atoms with E-state index in [0.717, 1.165) is 18.5 Å². The molecule has 0 radical (unpaired) electrons. The van der Waals surface area contributed by atoms with Crippen LogP contribution in [0, 0.1) is 24.2 Å². The summed E-state index contributed by atoms with van der Waals surface area (Å²) in [6, 6.07) is 2.26. The Balaban J connectivity index is 2.07. The molecule has 0 aromatic carbocycles. The molecule has 1 aromatic rings. The average molecular weight is 232 g/mol. The molecule has 1 aliphatic heterocycles. The number of nitrogens with zero attached hydrogens (tertiary/aromatic N) is 4. The molecule has 0 bridgehead atoms. The number of hydrogen-bond acceptors (Lipinski definition) is 3. The van der Waals surface area contributed by atoms with E-state index in [0.29, 0.717) is 18.7 Å². The zero-order valence-corrected chi connectivity index (χ0v) is 10.2. The number of carbonyl (C=O) groups excluding carboxylic acids is 1. The molecular weight excluding hydrogens is 216 g/mol. The van der Waals surface area contributed by atoms with Gasteiger partial charge in [0, 0.05) is 32.3 Å². The van der Waals surface area contributed by atoms with Crippen LogP contribution >= 0.6 is 0 Å². The summed E-state index contributed by atoms with van der Waals surface area (Å²) in [6.45, 7) is 3.19. The van der Waals surface area contributed by atoms with Crippen LogP contribution in [0.25, 0.3) is 0 Å². The van der Waals surface area contributed by atoms with Gasteiger partial charge in [-0.2, -0.15) is 10.4 Å². The van der Waals surface area contributed by atoms with Gasteiger partial charge in [0.05, 0.1) is 17.3 Å². The minimum absolute atomic E-state index is 0.0342. The lowest BCUT2D eigenvalue weighted by molar-refractivity contribution is 0.0706. The van der Waals surface area contributed by atoms with Crippen molar-refractivity contribution in [2.24, 2.45) is 13.0 Å². The highest BCUT2D eigenvalue weighted by Gasteiger charge is 2.25. The summed E-state index contributed by atoms with van der Waals surface area (Å²) < 4.78 is 1.66. The Bertz CT molecular complexity index is 463. The van der Waals surface area contributed by atoms with Crippen molar-refractivity contribution in [1.82, 2.24) is 14.7 Å². The second-order valence-electron chi connectivity index (χ2n) is 4.50. The molecule has 5 nitrogen and oxygen atoms in total. The Morgan fingerprint density at radius 3 is 2.65 bits per heavy atom. The number of nitriles is 1. The molecule has 2 rings (SSSR count). The van der Waals surface area contributed by atoms with Crippen LogP contribution < -0.4 is 0 Å². The van der Waals surface area contributed by atoms with Crippen molar-refractivity contribution in [3.63, 3.8) is 0 Å². The monoisotopic (exact) mass is 232 g/mol. The molecule has 0 unspecified atom stereocenters. The molecule has 0 saturated carbocycles. The summed E-state index contributed by atoms with van der Waals surface area (Å²) in [6.07, 6.45) is 3.32. The van der Waals surface area contributed by atoms with Gasteiger partial charge in [-0.1, -0.05) is 0 Å². The summed E-state index contributed by atoms with van der Waals surface area (Å²) in [5.74, 6) is 0.140. The van der Waals surface area contributed by atoms with Gasteiger partial charge < -0.3 is 4.90 Å². The first-order chi connectivity index (χ1) is 8.11. The zero-order chi connectivity index (χ0) is 12.4. The molecule has 0 atom stereocenters. The Morgan fingerprint density at radius 2 is 2.18 bits per heavy atom. The van der Waals surface area contributed by atoms with Crippen molar-refractivity contribution in [2.75, 3.05) is 13.1 Å². The number of amides is 1. The minimum Gasteiger partial charge on any atom is -0.338 e. The first-order valence-corrected chi connectivity index (χ1v) is 5.81. The highest BCUT2D eigenvalue weighted by Crippen LogP contribution is 2.19. The van der Waals surface area contributed by atoms with Crippen LogP contribution in [-0.4, -0.2) is 33.7 Å². The average Bonchev–Trinajstić information content (AvgIpc) is 2.68. The van der Waals surface area contributed by atoms with E-state index in [-0.39, 0.29) is 11.8 Å². The lowest BCUT2D eigenvalue weighted by atomic mass is 9.98. The van der Waals surface area contributed by atoms with E-state index in [1.807, 2.05) is 18.9 Å². The maximum atomic E-state index is 12.2. The van der Waals surface area contributed by atoms with Crippen molar-refractivity contribution in [2.45, 2.75) is 19.8 Å². The van der Waals surface area contributed by atoms with Gasteiger partial charge in [-0.15, -0.1) is 0 Å². The third-order valence-electron chi connectivity index (χ3n) is 3.21.